The van der Waals surface area contributed by atoms with Crippen molar-refractivity contribution in [3.05, 3.63) is 35.0 Å². The third kappa shape index (κ3) is 1.95. The molecule has 2 nitrogen and oxygen atoms in total. The molecule has 0 saturated heterocycles. The predicted octanol–water partition coefficient (Wildman–Crippen LogP) is 3.58. The molecule has 0 amide bonds. The van der Waals surface area contributed by atoms with Crippen LogP contribution in [0.2, 0.25) is 0 Å². The summed E-state index contributed by atoms with van der Waals surface area (Å²) in [5, 5.41) is 4.72. The van der Waals surface area contributed by atoms with Gasteiger partial charge in [-0.25, -0.2) is 0 Å². The highest BCUT2D eigenvalue weighted by Crippen LogP contribution is 2.32. The van der Waals surface area contributed by atoms with E-state index in [0.717, 1.165) is 13.0 Å². The summed E-state index contributed by atoms with van der Waals surface area (Å²) in [7, 11) is 4.22. The van der Waals surface area contributed by atoms with E-state index in [9.17, 15) is 0 Å². The lowest BCUT2D eigenvalue weighted by atomic mass is 10.0. The normalized spacial score (nSPS) is 11.7. The number of nitrogens with one attached hydrogen (secondary N) is 1. The van der Waals surface area contributed by atoms with Gasteiger partial charge in [0.2, 0.25) is 0 Å². The first-order chi connectivity index (χ1) is 8.61. The van der Waals surface area contributed by atoms with Gasteiger partial charge < -0.3 is 9.88 Å². The summed E-state index contributed by atoms with van der Waals surface area (Å²) in [6, 6.07) is 6.69. The van der Waals surface area contributed by atoms with Crippen LogP contribution in [0.1, 0.15) is 43.5 Å². The molecule has 0 bridgehead atoms. The third-order valence-corrected chi connectivity index (χ3v) is 3.73. The van der Waals surface area contributed by atoms with E-state index in [2.05, 4.69) is 55.9 Å². The lowest BCUT2D eigenvalue weighted by Crippen LogP contribution is -2.09. The van der Waals surface area contributed by atoms with Gasteiger partial charge >= 0.3 is 0 Å². The fraction of sp³-hybridized carbons (Fsp3) is 0.500. The smallest absolute Gasteiger partial charge is 0.0515 e. The molecule has 98 valence electrons. The van der Waals surface area contributed by atoms with Crippen molar-refractivity contribution in [2.75, 3.05) is 7.05 Å². The minimum atomic E-state index is 0.551. The van der Waals surface area contributed by atoms with Gasteiger partial charge in [0.15, 0.2) is 0 Å². The Morgan fingerprint density at radius 3 is 2.56 bits per heavy atom. The Hall–Kier alpha value is -1.28. The molecule has 0 saturated carbocycles. The van der Waals surface area contributed by atoms with E-state index in [-0.39, 0.29) is 0 Å². The van der Waals surface area contributed by atoms with Crippen molar-refractivity contribution < 1.29 is 0 Å². The van der Waals surface area contributed by atoms with Crippen LogP contribution in [0.25, 0.3) is 10.9 Å². The maximum Gasteiger partial charge on any atom is 0.0515 e. The Morgan fingerprint density at radius 2 is 2.00 bits per heavy atom. The molecule has 18 heavy (non-hydrogen) atoms. The molecular weight excluding hydrogens is 220 g/mol. The SMILES string of the molecule is CCc1cccc2c(CNC)c(C(C)C)n(C)c12. The first-order valence-electron chi connectivity index (χ1n) is 6.85. The van der Waals surface area contributed by atoms with E-state index < -0.39 is 0 Å². The van der Waals surface area contributed by atoms with E-state index in [1.807, 2.05) is 7.05 Å². The molecule has 1 aromatic carbocycles. The summed E-state index contributed by atoms with van der Waals surface area (Å²) < 4.78 is 2.39. The molecule has 0 fully saturated rings. The summed E-state index contributed by atoms with van der Waals surface area (Å²) in [6.07, 6.45) is 1.09. The summed E-state index contributed by atoms with van der Waals surface area (Å²) in [6.45, 7) is 7.73. The molecule has 0 atom stereocenters. The minimum absolute atomic E-state index is 0.551. The number of aryl methyl sites for hydroxylation is 2. The molecule has 0 unspecified atom stereocenters. The van der Waals surface area contributed by atoms with Crippen molar-refractivity contribution >= 4 is 10.9 Å². The van der Waals surface area contributed by atoms with Crippen LogP contribution >= 0.6 is 0 Å². The average Bonchev–Trinajstić information content (AvgIpc) is 2.63. The molecule has 2 aromatic rings. The minimum Gasteiger partial charge on any atom is -0.347 e. The zero-order chi connectivity index (χ0) is 13.3. The number of fused-ring (bicyclic) bond motifs is 1. The third-order valence-electron chi connectivity index (χ3n) is 3.73. The lowest BCUT2D eigenvalue weighted by Gasteiger charge is -2.11. The van der Waals surface area contributed by atoms with Crippen molar-refractivity contribution in [2.45, 2.75) is 39.7 Å². The molecule has 0 aliphatic carbocycles. The second-order valence-corrected chi connectivity index (χ2v) is 5.27. The predicted molar refractivity (Wildman–Crippen MR) is 79.1 cm³/mol. The molecule has 0 spiro atoms. The average molecular weight is 244 g/mol. The second-order valence-electron chi connectivity index (χ2n) is 5.27. The van der Waals surface area contributed by atoms with Crippen molar-refractivity contribution in [1.82, 2.24) is 9.88 Å². The van der Waals surface area contributed by atoms with Gasteiger partial charge in [0.25, 0.3) is 0 Å². The van der Waals surface area contributed by atoms with Crippen molar-refractivity contribution in [2.24, 2.45) is 7.05 Å². The van der Waals surface area contributed by atoms with Crippen LogP contribution in [0.3, 0.4) is 0 Å². The second kappa shape index (κ2) is 5.15. The van der Waals surface area contributed by atoms with Crippen LogP contribution in [-0.2, 0) is 20.0 Å². The van der Waals surface area contributed by atoms with Crippen LogP contribution in [0.4, 0.5) is 0 Å². The Kier molecular flexibility index (Phi) is 3.76. The quantitative estimate of drug-likeness (QED) is 0.870. The Morgan fingerprint density at radius 1 is 1.28 bits per heavy atom. The van der Waals surface area contributed by atoms with Gasteiger partial charge in [0.1, 0.15) is 0 Å². The van der Waals surface area contributed by atoms with Gasteiger partial charge in [-0.15, -0.1) is 0 Å². The van der Waals surface area contributed by atoms with E-state index in [1.54, 1.807) is 0 Å². The Balaban J connectivity index is 2.82. The fourth-order valence-electron chi connectivity index (χ4n) is 3.08. The van der Waals surface area contributed by atoms with E-state index in [0.29, 0.717) is 5.92 Å². The van der Waals surface area contributed by atoms with E-state index in [1.165, 1.54) is 27.7 Å². The van der Waals surface area contributed by atoms with Gasteiger partial charge in [0, 0.05) is 24.7 Å². The number of para-hydroxylation sites is 1. The van der Waals surface area contributed by atoms with Crippen LogP contribution in [0.5, 0.6) is 0 Å². The Labute approximate surface area is 110 Å². The van der Waals surface area contributed by atoms with Gasteiger partial charge in [-0.2, -0.15) is 0 Å². The van der Waals surface area contributed by atoms with Crippen LogP contribution < -0.4 is 5.32 Å². The summed E-state index contributed by atoms with van der Waals surface area (Å²) >= 11 is 0. The van der Waals surface area contributed by atoms with Crippen LogP contribution in [-0.4, -0.2) is 11.6 Å². The van der Waals surface area contributed by atoms with Crippen molar-refractivity contribution in [3.63, 3.8) is 0 Å². The zero-order valence-electron chi connectivity index (χ0n) is 12.2. The van der Waals surface area contributed by atoms with E-state index in [4.69, 9.17) is 0 Å². The molecule has 0 radical (unpaired) electrons. The number of nitrogens with zero attached hydrogens (tertiary/aromatic N) is 1. The summed E-state index contributed by atoms with van der Waals surface area (Å²) in [4.78, 5) is 0. The highest BCUT2D eigenvalue weighted by Gasteiger charge is 2.18. The molecule has 1 aromatic heterocycles. The highest BCUT2D eigenvalue weighted by atomic mass is 15.0. The summed E-state index contributed by atoms with van der Waals surface area (Å²) in [5.41, 5.74) is 5.77. The van der Waals surface area contributed by atoms with Crippen molar-refractivity contribution in [3.8, 4) is 0 Å². The first-order valence-corrected chi connectivity index (χ1v) is 6.85. The Bertz CT molecular complexity index is 550. The summed E-state index contributed by atoms with van der Waals surface area (Å²) in [5.74, 6) is 0.551. The number of hydrogen-bond acceptors (Lipinski definition) is 1. The topological polar surface area (TPSA) is 17.0 Å². The fourth-order valence-corrected chi connectivity index (χ4v) is 3.08. The number of benzene rings is 1. The molecule has 0 aliphatic rings. The van der Waals surface area contributed by atoms with Gasteiger partial charge in [-0.1, -0.05) is 39.0 Å². The number of rotatable bonds is 4. The molecular formula is C16H24N2. The van der Waals surface area contributed by atoms with Gasteiger partial charge in [-0.3, -0.25) is 0 Å². The molecule has 2 rings (SSSR count). The number of aromatic nitrogens is 1. The van der Waals surface area contributed by atoms with Crippen LogP contribution in [0.15, 0.2) is 18.2 Å². The first kappa shape index (κ1) is 13.2. The molecule has 2 heteroatoms. The van der Waals surface area contributed by atoms with Crippen LogP contribution in [0, 0.1) is 0 Å². The number of hydrogen-bond donors (Lipinski definition) is 1. The van der Waals surface area contributed by atoms with Gasteiger partial charge in [0.05, 0.1) is 5.52 Å². The maximum absolute atomic E-state index is 3.31. The lowest BCUT2D eigenvalue weighted by molar-refractivity contribution is 0.718. The standard InChI is InChI=1S/C16H24N2/c1-6-12-8-7-9-13-14(10-17-4)15(11(2)3)18(5)16(12)13/h7-9,11,17H,6,10H2,1-5H3. The molecule has 1 N–H and O–H groups in total. The van der Waals surface area contributed by atoms with Gasteiger partial charge in [-0.05, 0) is 30.5 Å². The monoisotopic (exact) mass is 244 g/mol. The maximum atomic E-state index is 3.31. The van der Waals surface area contributed by atoms with E-state index >= 15 is 0 Å². The molecule has 0 aliphatic heterocycles. The zero-order valence-corrected chi connectivity index (χ0v) is 12.2. The van der Waals surface area contributed by atoms with Crippen molar-refractivity contribution in [1.29, 1.82) is 0 Å². The highest BCUT2D eigenvalue weighted by molar-refractivity contribution is 5.88. The largest absolute Gasteiger partial charge is 0.347 e. The molecule has 1 heterocycles.